The van der Waals surface area contributed by atoms with Crippen LogP contribution in [0.3, 0.4) is 0 Å². The van der Waals surface area contributed by atoms with Crippen LogP contribution in [0.1, 0.15) is 52.3 Å². The van der Waals surface area contributed by atoms with Crippen molar-refractivity contribution < 1.29 is 0 Å². The highest BCUT2D eigenvalue weighted by atomic mass is 32.2. The number of nitrogens with one attached hydrogen (secondary N) is 1. The summed E-state index contributed by atoms with van der Waals surface area (Å²) in [6.45, 7) is 6.47. The maximum Gasteiger partial charge on any atom is 0.202 e. The second-order valence-corrected chi connectivity index (χ2v) is 7.81. The van der Waals surface area contributed by atoms with Gasteiger partial charge in [0.2, 0.25) is 5.13 Å². The van der Waals surface area contributed by atoms with Crippen molar-refractivity contribution in [2.45, 2.75) is 63.2 Å². The van der Waals surface area contributed by atoms with Gasteiger partial charge < -0.3 is 5.32 Å². The number of hydrogen-bond acceptors (Lipinski definition) is 5. The second kappa shape index (κ2) is 5.78. The molecule has 0 saturated heterocycles. The molecule has 0 radical (unpaired) electrons. The average molecular weight is 285 g/mol. The zero-order valence-corrected chi connectivity index (χ0v) is 13.3. The molecule has 0 amide bonds. The largest absolute Gasteiger partial charge is 0.356 e. The third-order valence-electron chi connectivity index (χ3n) is 3.41. The maximum atomic E-state index is 4.63. The molecular weight excluding hydrogens is 262 g/mol. The van der Waals surface area contributed by atoms with Gasteiger partial charge in [-0.1, -0.05) is 33.6 Å². The van der Waals surface area contributed by atoms with E-state index in [2.05, 4.69) is 41.7 Å². The third-order valence-corrected chi connectivity index (χ3v) is 5.23. The van der Waals surface area contributed by atoms with Gasteiger partial charge in [0.15, 0.2) is 0 Å². The van der Waals surface area contributed by atoms with Gasteiger partial charge in [0.1, 0.15) is 5.82 Å². The van der Waals surface area contributed by atoms with Crippen LogP contribution in [0.4, 0.5) is 5.13 Å². The molecule has 1 aromatic heterocycles. The summed E-state index contributed by atoms with van der Waals surface area (Å²) >= 11 is 3.48. The van der Waals surface area contributed by atoms with Gasteiger partial charge in [-0.15, -0.1) is 0 Å². The van der Waals surface area contributed by atoms with Gasteiger partial charge in [0.05, 0.1) is 0 Å². The van der Waals surface area contributed by atoms with Crippen LogP contribution in [-0.2, 0) is 5.41 Å². The number of anilines is 1. The smallest absolute Gasteiger partial charge is 0.202 e. The Kier molecular flexibility index (Phi) is 4.54. The first-order valence-corrected chi connectivity index (χ1v) is 8.70. The van der Waals surface area contributed by atoms with Crippen molar-refractivity contribution in [2.24, 2.45) is 0 Å². The molecule has 0 aliphatic heterocycles. The summed E-state index contributed by atoms with van der Waals surface area (Å²) in [6, 6.07) is 0.564. The lowest BCUT2D eigenvalue weighted by atomic mass is 9.95. The Balaban J connectivity index is 2.02. The lowest BCUT2D eigenvalue weighted by Crippen LogP contribution is -2.34. The molecule has 18 heavy (non-hydrogen) atoms. The summed E-state index contributed by atoms with van der Waals surface area (Å²) in [5.41, 5.74) is 0.0436. The van der Waals surface area contributed by atoms with Crippen molar-refractivity contribution in [3.8, 4) is 0 Å². The van der Waals surface area contributed by atoms with Gasteiger partial charge in [-0.05, 0) is 19.1 Å². The predicted molar refractivity (Wildman–Crippen MR) is 81.8 cm³/mol. The van der Waals surface area contributed by atoms with Crippen molar-refractivity contribution in [3.63, 3.8) is 0 Å². The van der Waals surface area contributed by atoms with Crippen molar-refractivity contribution in [1.29, 1.82) is 0 Å². The molecule has 0 aromatic carbocycles. The van der Waals surface area contributed by atoms with Gasteiger partial charge in [0.25, 0.3) is 0 Å². The molecule has 1 N–H and O–H groups in total. The van der Waals surface area contributed by atoms with Gasteiger partial charge in [-0.25, -0.2) is 4.98 Å². The highest BCUT2D eigenvalue weighted by Crippen LogP contribution is 2.30. The fourth-order valence-corrected chi connectivity index (χ4v) is 4.04. The Bertz CT molecular complexity index is 384. The summed E-state index contributed by atoms with van der Waals surface area (Å²) in [5.74, 6) is 0.950. The number of hydrogen-bond donors (Lipinski definition) is 1. The summed E-state index contributed by atoms with van der Waals surface area (Å²) in [6.07, 6.45) is 7.50. The van der Waals surface area contributed by atoms with Gasteiger partial charge in [-0.2, -0.15) is 16.1 Å². The molecule has 0 spiro atoms. The Hall–Kier alpha value is -0.290. The number of thioether (sulfide) groups is 1. The molecule has 2 unspecified atom stereocenters. The lowest BCUT2D eigenvalue weighted by Gasteiger charge is -2.30. The molecule has 1 aliphatic rings. The highest BCUT2D eigenvalue weighted by molar-refractivity contribution is 7.99. The maximum absolute atomic E-state index is 4.63. The molecule has 2 atom stereocenters. The van der Waals surface area contributed by atoms with Crippen LogP contribution in [0.5, 0.6) is 0 Å². The average Bonchev–Trinajstić information content (AvgIpc) is 2.78. The Morgan fingerprint density at radius 2 is 2.00 bits per heavy atom. The Labute approximate surface area is 118 Å². The minimum absolute atomic E-state index is 0.0436. The monoisotopic (exact) mass is 285 g/mol. The summed E-state index contributed by atoms with van der Waals surface area (Å²) in [7, 11) is 0. The van der Waals surface area contributed by atoms with Crippen LogP contribution >= 0.6 is 23.3 Å². The molecule has 1 aromatic rings. The number of nitrogens with zero attached hydrogens (tertiary/aromatic N) is 2. The molecule has 1 fully saturated rings. The van der Waals surface area contributed by atoms with E-state index in [9.17, 15) is 0 Å². The van der Waals surface area contributed by atoms with Crippen molar-refractivity contribution >= 4 is 28.4 Å². The van der Waals surface area contributed by atoms with Crippen LogP contribution in [0.25, 0.3) is 0 Å². The van der Waals surface area contributed by atoms with Crippen molar-refractivity contribution in [3.05, 3.63) is 5.82 Å². The molecule has 0 bridgehead atoms. The van der Waals surface area contributed by atoms with Crippen molar-refractivity contribution in [2.75, 3.05) is 11.6 Å². The highest BCUT2D eigenvalue weighted by Gasteiger charge is 2.26. The minimum Gasteiger partial charge on any atom is -0.356 e. The first-order chi connectivity index (χ1) is 8.50. The van der Waals surface area contributed by atoms with E-state index in [0.29, 0.717) is 6.04 Å². The van der Waals surface area contributed by atoms with Crippen LogP contribution < -0.4 is 5.32 Å². The molecule has 1 heterocycles. The number of aromatic nitrogens is 2. The topological polar surface area (TPSA) is 37.8 Å². The predicted octanol–water partition coefficient (Wildman–Crippen LogP) is 3.92. The zero-order valence-electron chi connectivity index (χ0n) is 11.7. The molecule has 3 nitrogen and oxygen atoms in total. The minimum atomic E-state index is 0.0436. The fourth-order valence-electron chi connectivity index (χ4n) is 2.29. The molecule has 2 rings (SSSR count). The van der Waals surface area contributed by atoms with E-state index in [1.807, 2.05) is 11.8 Å². The van der Waals surface area contributed by atoms with Crippen LogP contribution in [0, 0.1) is 0 Å². The second-order valence-electron chi connectivity index (χ2n) is 5.98. The van der Waals surface area contributed by atoms with E-state index in [1.54, 1.807) is 0 Å². The van der Waals surface area contributed by atoms with E-state index in [-0.39, 0.29) is 5.41 Å². The standard InChI is InChI=1S/C13H23N3S2/c1-13(2,3)11-15-12(18-16-11)14-9-7-5-6-8-10(9)17-4/h9-10H,5-8H2,1-4H3,(H,14,15,16). The van der Waals surface area contributed by atoms with Crippen LogP contribution in [0.2, 0.25) is 0 Å². The van der Waals surface area contributed by atoms with Gasteiger partial charge in [0, 0.05) is 28.2 Å². The van der Waals surface area contributed by atoms with Gasteiger partial charge in [-0.3, -0.25) is 0 Å². The quantitative estimate of drug-likeness (QED) is 0.913. The van der Waals surface area contributed by atoms with E-state index in [4.69, 9.17) is 0 Å². The van der Waals surface area contributed by atoms with Crippen molar-refractivity contribution in [1.82, 2.24) is 9.36 Å². The molecule has 1 aliphatic carbocycles. The van der Waals surface area contributed by atoms with Crippen LogP contribution in [0.15, 0.2) is 0 Å². The fraction of sp³-hybridized carbons (Fsp3) is 0.846. The van der Waals surface area contributed by atoms with E-state index in [0.717, 1.165) is 16.2 Å². The summed E-state index contributed by atoms with van der Waals surface area (Å²) in [5, 5.41) is 5.31. The molecule has 102 valence electrons. The molecule has 5 heteroatoms. The molecular formula is C13H23N3S2. The zero-order chi connectivity index (χ0) is 13.2. The SMILES string of the molecule is CSC1CCCCC1Nc1nc(C(C)(C)C)ns1. The van der Waals surface area contributed by atoms with Gasteiger partial charge >= 0.3 is 0 Å². The van der Waals surface area contributed by atoms with E-state index >= 15 is 0 Å². The van der Waals surface area contributed by atoms with E-state index in [1.165, 1.54) is 37.2 Å². The third kappa shape index (κ3) is 3.38. The summed E-state index contributed by atoms with van der Waals surface area (Å²) < 4.78 is 4.47. The lowest BCUT2D eigenvalue weighted by molar-refractivity contribution is 0.474. The number of rotatable bonds is 3. The first kappa shape index (κ1) is 14.1. The molecule has 1 saturated carbocycles. The Morgan fingerprint density at radius 3 is 2.61 bits per heavy atom. The van der Waals surface area contributed by atoms with E-state index < -0.39 is 0 Å². The van der Waals surface area contributed by atoms with Crippen LogP contribution in [-0.4, -0.2) is 26.9 Å². The first-order valence-electron chi connectivity index (χ1n) is 6.64. The summed E-state index contributed by atoms with van der Waals surface area (Å²) in [4.78, 5) is 4.63. The Morgan fingerprint density at radius 1 is 1.28 bits per heavy atom. The normalized spacial score (nSPS) is 25.1.